The number of rotatable bonds is 3. The summed E-state index contributed by atoms with van der Waals surface area (Å²) in [5, 5.41) is 7.09. The van der Waals surface area contributed by atoms with E-state index in [1.165, 1.54) is 4.90 Å². The van der Waals surface area contributed by atoms with E-state index in [9.17, 15) is 13.2 Å². The highest BCUT2D eigenvalue weighted by Crippen LogP contribution is 2.34. The number of carbonyl (C=O) groups excluding carboxylic acids is 1. The quantitative estimate of drug-likeness (QED) is 0.703. The molecule has 1 aromatic rings. The van der Waals surface area contributed by atoms with Crippen molar-refractivity contribution in [3.05, 3.63) is 33.8 Å². The lowest BCUT2D eigenvalue weighted by Gasteiger charge is -2.35. The summed E-state index contributed by atoms with van der Waals surface area (Å²) in [6, 6.07) is 5.07. The summed E-state index contributed by atoms with van der Waals surface area (Å²) in [7, 11) is -3.04. The molecule has 158 valence electrons. The third kappa shape index (κ3) is 5.64. The SMILES string of the molecule is Cl.O=C(NC[C@@]1(c2ccc(Cl)c(Cl)c2)CCNCCO1)N1CCS(=O)(=O)CC1. The lowest BCUT2D eigenvalue weighted by molar-refractivity contribution is -0.0403. The van der Waals surface area contributed by atoms with Crippen LogP contribution in [0.5, 0.6) is 0 Å². The molecule has 1 aromatic carbocycles. The normalized spacial score (nSPS) is 24.7. The number of ether oxygens (including phenoxy) is 1. The van der Waals surface area contributed by atoms with Gasteiger partial charge in [0.15, 0.2) is 9.84 Å². The van der Waals surface area contributed by atoms with Gasteiger partial charge in [0.25, 0.3) is 0 Å². The highest BCUT2D eigenvalue weighted by Gasteiger charge is 2.36. The Labute approximate surface area is 181 Å². The van der Waals surface area contributed by atoms with Gasteiger partial charge in [-0.1, -0.05) is 29.3 Å². The Morgan fingerprint density at radius 2 is 1.93 bits per heavy atom. The van der Waals surface area contributed by atoms with E-state index in [0.29, 0.717) is 23.1 Å². The Bertz CT molecular complexity index is 785. The zero-order chi connectivity index (χ0) is 19.5. The molecule has 2 N–H and O–H groups in total. The summed E-state index contributed by atoms with van der Waals surface area (Å²) in [4.78, 5) is 14.1. The second-order valence-electron chi connectivity index (χ2n) is 6.77. The molecule has 11 heteroatoms. The molecular formula is C17H24Cl3N3O4S. The molecule has 28 heavy (non-hydrogen) atoms. The predicted octanol–water partition coefficient (Wildman–Crippen LogP) is 2.06. The molecule has 2 aliphatic heterocycles. The van der Waals surface area contributed by atoms with E-state index < -0.39 is 15.4 Å². The third-order valence-electron chi connectivity index (χ3n) is 4.97. The number of carbonyl (C=O) groups is 1. The zero-order valence-electron chi connectivity index (χ0n) is 15.2. The molecule has 7 nitrogen and oxygen atoms in total. The first-order chi connectivity index (χ1) is 12.8. The van der Waals surface area contributed by atoms with Gasteiger partial charge in [0, 0.05) is 19.6 Å². The van der Waals surface area contributed by atoms with Crippen LogP contribution in [0.4, 0.5) is 4.79 Å². The summed E-state index contributed by atoms with van der Waals surface area (Å²) < 4.78 is 29.2. The number of sulfone groups is 1. The van der Waals surface area contributed by atoms with Crippen LogP contribution >= 0.6 is 35.6 Å². The molecule has 0 spiro atoms. The topological polar surface area (TPSA) is 87.7 Å². The van der Waals surface area contributed by atoms with Crippen LogP contribution in [-0.4, -0.2) is 70.2 Å². The van der Waals surface area contributed by atoms with Gasteiger partial charge < -0.3 is 20.3 Å². The standard InChI is InChI=1S/C17H23Cl2N3O4S.ClH/c18-14-2-1-13(11-15(14)19)17(3-4-20-5-8-26-17)12-21-16(23)22-6-9-27(24,25)10-7-22;/h1-2,11,20H,3-10,12H2,(H,21,23);1H/t17-;/m1./s1. The lowest BCUT2D eigenvalue weighted by Crippen LogP contribution is -2.51. The summed E-state index contributed by atoms with van der Waals surface area (Å²) >= 11 is 12.2. The second kappa shape index (κ2) is 9.82. The third-order valence-corrected chi connectivity index (χ3v) is 7.31. The minimum atomic E-state index is -3.04. The summed E-state index contributed by atoms with van der Waals surface area (Å²) in [6.45, 7) is 2.62. The van der Waals surface area contributed by atoms with Crippen molar-refractivity contribution in [2.45, 2.75) is 12.0 Å². The number of urea groups is 1. The van der Waals surface area contributed by atoms with Crippen LogP contribution in [0.3, 0.4) is 0 Å². The average Bonchev–Trinajstić information content (AvgIpc) is 2.88. The van der Waals surface area contributed by atoms with Crippen molar-refractivity contribution in [2.24, 2.45) is 0 Å². The molecule has 2 aliphatic rings. The number of nitrogens with zero attached hydrogens (tertiary/aromatic N) is 1. The van der Waals surface area contributed by atoms with E-state index in [-0.39, 0.29) is 49.6 Å². The average molecular weight is 473 g/mol. The maximum atomic E-state index is 12.5. The molecule has 0 saturated carbocycles. The van der Waals surface area contributed by atoms with Crippen LogP contribution in [0, 0.1) is 0 Å². The largest absolute Gasteiger partial charge is 0.367 e. The lowest BCUT2D eigenvalue weighted by atomic mass is 9.90. The number of benzene rings is 1. The van der Waals surface area contributed by atoms with E-state index in [4.69, 9.17) is 27.9 Å². The fourth-order valence-corrected chi connectivity index (χ4v) is 4.80. The number of halogens is 3. The molecule has 0 bridgehead atoms. The van der Waals surface area contributed by atoms with Crippen molar-refractivity contribution in [1.29, 1.82) is 0 Å². The first-order valence-corrected chi connectivity index (χ1v) is 11.4. The highest BCUT2D eigenvalue weighted by molar-refractivity contribution is 7.91. The maximum absolute atomic E-state index is 12.5. The fraction of sp³-hybridized carbons (Fsp3) is 0.588. The van der Waals surface area contributed by atoms with Crippen molar-refractivity contribution in [2.75, 3.05) is 50.8 Å². The Morgan fingerprint density at radius 1 is 1.21 bits per heavy atom. The number of hydrogen-bond donors (Lipinski definition) is 2. The van der Waals surface area contributed by atoms with Gasteiger partial charge in [-0.15, -0.1) is 12.4 Å². The van der Waals surface area contributed by atoms with Gasteiger partial charge in [-0.2, -0.15) is 0 Å². The van der Waals surface area contributed by atoms with Crippen LogP contribution in [0.25, 0.3) is 0 Å². The van der Waals surface area contributed by atoms with Crippen molar-refractivity contribution >= 4 is 51.5 Å². The Kier molecular flexibility index (Phi) is 8.25. The van der Waals surface area contributed by atoms with E-state index in [1.54, 1.807) is 12.1 Å². The van der Waals surface area contributed by atoms with Crippen molar-refractivity contribution < 1.29 is 17.9 Å². The van der Waals surface area contributed by atoms with Crippen LogP contribution in [-0.2, 0) is 20.2 Å². The molecule has 2 amide bonds. The summed E-state index contributed by atoms with van der Waals surface area (Å²) in [6.07, 6.45) is 0.652. The molecule has 2 fully saturated rings. The van der Waals surface area contributed by atoms with Crippen molar-refractivity contribution in [3.63, 3.8) is 0 Å². The Balaban J connectivity index is 0.00000280. The number of nitrogens with one attached hydrogen (secondary N) is 2. The molecule has 3 rings (SSSR count). The highest BCUT2D eigenvalue weighted by atomic mass is 35.5. The van der Waals surface area contributed by atoms with Crippen LogP contribution in [0.1, 0.15) is 12.0 Å². The van der Waals surface area contributed by atoms with Crippen molar-refractivity contribution in [1.82, 2.24) is 15.5 Å². The predicted molar refractivity (Wildman–Crippen MR) is 112 cm³/mol. The summed E-state index contributed by atoms with van der Waals surface area (Å²) in [5.41, 5.74) is 0.122. The minimum absolute atomic E-state index is 0. The minimum Gasteiger partial charge on any atom is -0.367 e. The van der Waals surface area contributed by atoms with E-state index >= 15 is 0 Å². The molecule has 2 heterocycles. The first-order valence-electron chi connectivity index (χ1n) is 8.85. The van der Waals surface area contributed by atoms with E-state index in [2.05, 4.69) is 10.6 Å². The molecule has 0 aromatic heterocycles. The van der Waals surface area contributed by atoms with Crippen LogP contribution in [0.2, 0.25) is 10.0 Å². The molecule has 0 radical (unpaired) electrons. The summed E-state index contributed by atoms with van der Waals surface area (Å²) in [5.74, 6) is -0.00243. The number of hydrogen-bond acceptors (Lipinski definition) is 5. The maximum Gasteiger partial charge on any atom is 0.317 e. The van der Waals surface area contributed by atoms with Gasteiger partial charge in [0.2, 0.25) is 0 Å². The number of amides is 2. The van der Waals surface area contributed by atoms with Gasteiger partial charge in [0.1, 0.15) is 5.60 Å². The van der Waals surface area contributed by atoms with Gasteiger partial charge in [0.05, 0.1) is 34.7 Å². The van der Waals surface area contributed by atoms with Gasteiger partial charge in [-0.05, 0) is 30.7 Å². The molecular weight excluding hydrogens is 449 g/mol. The monoisotopic (exact) mass is 471 g/mol. The van der Waals surface area contributed by atoms with Crippen LogP contribution in [0.15, 0.2) is 18.2 Å². The first kappa shape index (κ1) is 23.5. The van der Waals surface area contributed by atoms with Crippen molar-refractivity contribution in [3.8, 4) is 0 Å². The second-order valence-corrected chi connectivity index (χ2v) is 9.89. The van der Waals surface area contributed by atoms with Crippen LogP contribution < -0.4 is 10.6 Å². The van der Waals surface area contributed by atoms with Gasteiger partial charge in [-0.3, -0.25) is 0 Å². The fourth-order valence-electron chi connectivity index (χ4n) is 3.30. The zero-order valence-corrected chi connectivity index (χ0v) is 18.4. The molecule has 2 saturated heterocycles. The molecule has 1 atom stereocenters. The smallest absolute Gasteiger partial charge is 0.317 e. The van der Waals surface area contributed by atoms with E-state index in [1.807, 2.05) is 6.07 Å². The van der Waals surface area contributed by atoms with E-state index in [0.717, 1.165) is 18.7 Å². The Morgan fingerprint density at radius 3 is 2.61 bits per heavy atom. The van der Waals surface area contributed by atoms with Gasteiger partial charge in [-0.25, -0.2) is 13.2 Å². The Hall–Kier alpha value is -0.770. The molecule has 0 aliphatic carbocycles. The van der Waals surface area contributed by atoms with Gasteiger partial charge >= 0.3 is 6.03 Å². The molecule has 0 unspecified atom stereocenters.